The highest BCUT2D eigenvalue weighted by molar-refractivity contribution is 6.16. The van der Waals surface area contributed by atoms with Gasteiger partial charge in [0.05, 0.1) is 24.1 Å². The Hall–Kier alpha value is -4.68. The van der Waals surface area contributed by atoms with Crippen LogP contribution in [0.5, 0.6) is 17.4 Å². The van der Waals surface area contributed by atoms with Crippen LogP contribution in [0.4, 0.5) is 20.2 Å². The molecule has 1 aliphatic carbocycles. The van der Waals surface area contributed by atoms with Gasteiger partial charge in [0.25, 0.3) is 0 Å². The van der Waals surface area contributed by atoms with E-state index in [1.54, 1.807) is 24.5 Å². The quantitative estimate of drug-likeness (QED) is 0.254. The van der Waals surface area contributed by atoms with E-state index in [1.807, 2.05) is 0 Å². The van der Waals surface area contributed by atoms with Crippen molar-refractivity contribution in [3.63, 3.8) is 0 Å². The van der Waals surface area contributed by atoms with E-state index in [1.165, 1.54) is 36.4 Å². The van der Waals surface area contributed by atoms with Crippen LogP contribution in [0.2, 0.25) is 0 Å². The summed E-state index contributed by atoms with van der Waals surface area (Å²) in [7, 11) is 0. The van der Waals surface area contributed by atoms with Crippen molar-refractivity contribution in [1.29, 1.82) is 0 Å². The zero-order chi connectivity index (χ0) is 29.8. The summed E-state index contributed by atoms with van der Waals surface area (Å²) < 4.78 is 45.3. The Morgan fingerprint density at radius 3 is 2.35 bits per heavy atom. The Kier molecular flexibility index (Phi) is 8.12. The number of carbonyl (C=O) groups is 2. The van der Waals surface area contributed by atoms with Gasteiger partial charge in [-0.3, -0.25) is 19.5 Å². The molecule has 0 radical (unpaired) electrons. The van der Waals surface area contributed by atoms with Crippen LogP contribution in [0.1, 0.15) is 12.8 Å². The third kappa shape index (κ3) is 6.55. The Bertz CT molecular complexity index is 1640. The minimum Gasteiger partial charge on any atom is -0.476 e. The maximum Gasteiger partial charge on any atom is 0.240 e. The average molecular weight is 590 g/mol. The van der Waals surface area contributed by atoms with Crippen LogP contribution in [-0.2, 0) is 14.3 Å². The van der Waals surface area contributed by atoms with E-state index in [-0.39, 0.29) is 11.4 Å². The van der Waals surface area contributed by atoms with Gasteiger partial charge in [-0.25, -0.2) is 13.8 Å². The molecule has 1 saturated carbocycles. The number of hydrogen-bond donors (Lipinski definition) is 2. The first-order valence-electron chi connectivity index (χ1n) is 13.9. The second-order valence-electron chi connectivity index (χ2n) is 10.4. The van der Waals surface area contributed by atoms with E-state index in [9.17, 15) is 14.0 Å². The van der Waals surface area contributed by atoms with Crippen molar-refractivity contribution in [2.45, 2.75) is 12.8 Å². The van der Waals surface area contributed by atoms with Crippen LogP contribution in [0, 0.1) is 17.0 Å². The summed E-state index contributed by atoms with van der Waals surface area (Å²) in [5, 5.41) is 5.84. The van der Waals surface area contributed by atoms with Gasteiger partial charge in [0.1, 0.15) is 23.6 Å². The number of aromatic nitrogens is 2. The Morgan fingerprint density at radius 1 is 0.907 bits per heavy atom. The molecule has 43 heavy (non-hydrogen) atoms. The third-order valence-electron chi connectivity index (χ3n) is 7.45. The fourth-order valence-electron chi connectivity index (χ4n) is 4.77. The zero-order valence-electron chi connectivity index (χ0n) is 23.1. The Labute approximate surface area is 246 Å². The number of nitrogens with zero attached hydrogens (tertiary/aromatic N) is 3. The van der Waals surface area contributed by atoms with Crippen molar-refractivity contribution < 1.29 is 32.6 Å². The van der Waals surface area contributed by atoms with Gasteiger partial charge in [0.15, 0.2) is 11.6 Å². The molecule has 1 saturated heterocycles. The van der Waals surface area contributed by atoms with Crippen LogP contribution in [0.15, 0.2) is 67.0 Å². The molecule has 2 aromatic heterocycles. The van der Waals surface area contributed by atoms with Crippen molar-refractivity contribution in [2.75, 3.05) is 50.1 Å². The topological polar surface area (TPSA) is 115 Å². The second kappa shape index (κ2) is 12.3. The van der Waals surface area contributed by atoms with E-state index in [0.717, 1.165) is 38.9 Å². The van der Waals surface area contributed by atoms with Crippen LogP contribution in [-0.4, -0.2) is 66.1 Å². The van der Waals surface area contributed by atoms with E-state index in [2.05, 4.69) is 25.5 Å². The van der Waals surface area contributed by atoms with Crippen molar-refractivity contribution in [2.24, 2.45) is 5.41 Å². The van der Waals surface area contributed by atoms with Gasteiger partial charge in [-0.05, 0) is 55.3 Å². The monoisotopic (exact) mass is 589 g/mol. The van der Waals surface area contributed by atoms with Gasteiger partial charge in [-0.1, -0.05) is 0 Å². The molecule has 1 aliphatic heterocycles. The minimum atomic E-state index is -1.27. The molecule has 2 amide bonds. The molecule has 6 rings (SSSR count). The zero-order valence-corrected chi connectivity index (χ0v) is 23.1. The predicted molar refractivity (Wildman–Crippen MR) is 154 cm³/mol. The average Bonchev–Trinajstić information content (AvgIpc) is 3.83. The molecule has 222 valence electrons. The van der Waals surface area contributed by atoms with Crippen LogP contribution < -0.4 is 20.1 Å². The van der Waals surface area contributed by atoms with E-state index in [4.69, 9.17) is 14.2 Å². The molecule has 2 aliphatic rings. The summed E-state index contributed by atoms with van der Waals surface area (Å²) in [5.74, 6) is -1.48. The molecule has 0 unspecified atom stereocenters. The van der Waals surface area contributed by atoms with E-state index < -0.39 is 28.9 Å². The smallest absolute Gasteiger partial charge is 0.240 e. The molecule has 2 N–H and O–H groups in total. The van der Waals surface area contributed by atoms with Gasteiger partial charge < -0.3 is 24.8 Å². The lowest BCUT2D eigenvalue weighted by atomic mass is 10.0. The van der Waals surface area contributed by atoms with Crippen molar-refractivity contribution in [3.05, 3.63) is 78.6 Å². The summed E-state index contributed by atoms with van der Waals surface area (Å²) in [5.41, 5.74) is -0.138. The molecule has 10 nitrogen and oxygen atoms in total. The van der Waals surface area contributed by atoms with Gasteiger partial charge in [0.2, 0.25) is 17.7 Å². The number of halogens is 2. The molecule has 0 spiro atoms. The first-order chi connectivity index (χ1) is 20.9. The number of hydrogen-bond acceptors (Lipinski definition) is 8. The lowest BCUT2D eigenvalue weighted by Gasteiger charge is -2.26. The van der Waals surface area contributed by atoms with Crippen molar-refractivity contribution in [1.82, 2.24) is 14.9 Å². The van der Waals surface area contributed by atoms with Crippen LogP contribution in [0.25, 0.3) is 10.9 Å². The molecular weight excluding hydrogens is 560 g/mol. The number of rotatable bonds is 10. The number of amides is 2. The molecule has 0 atom stereocenters. The van der Waals surface area contributed by atoms with E-state index in [0.29, 0.717) is 47.7 Å². The first-order valence-corrected chi connectivity index (χ1v) is 13.9. The Morgan fingerprint density at radius 2 is 1.63 bits per heavy atom. The number of nitrogens with one attached hydrogen (secondary N) is 2. The highest BCUT2D eigenvalue weighted by atomic mass is 19.1. The highest BCUT2D eigenvalue weighted by Crippen LogP contribution is 2.47. The molecule has 3 heterocycles. The van der Waals surface area contributed by atoms with Crippen LogP contribution >= 0.6 is 0 Å². The number of fused-ring (bicyclic) bond motifs is 1. The van der Waals surface area contributed by atoms with Gasteiger partial charge in [-0.2, -0.15) is 0 Å². The molecular formula is C31H29F2N5O5. The first kappa shape index (κ1) is 28.4. The van der Waals surface area contributed by atoms with Gasteiger partial charge in [0, 0.05) is 55.5 Å². The number of anilines is 2. The molecule has 12 heteroatoms. The largest absolute Gasteiger partial charge is 0.476 e. The molecule has 0 bridgehead atoms. The number of benzene rings is 2. The Balaban J connectivity index is 1.08. The number of ether oxygens (including phenoxy) is 3. The number of morpholine rings is 1. The number of carbonyl (C=O) groups excluding carboxylic acids is 2. The lowest BCUT2D eigenvalue weighted by Crippen LogP contribution is -2.38. The maximum atomic E-state index is 15.1. The standard InChI is InChI=1S/C31H29F2N5O5/c32-20-1-3-21(4-2-20)36-29(39)31(8-9-31)30(40)37-22-5-6-27(24(33)17-22)43-26-7-10-34-25-18-28(35-19-23(25)26)42-16-13-38-11-14-41-15-12-38/h1-7,10,17-19H,8-9,11-16H2,(H,36,39)(H,37,40). The van der Waals surface area contributed by atoms with Crippen molar-refractivity contribution >= 4 is 34.1 Å². The maximum absolute atomic E-state index is 15.1. The minimum absolute atomic E-state index is 0.0634. The summed E-state index contributed by atoms with van der Waals surface area (Å²) in [6, 6.07) is 12.6. The molecule has 4 aromatic rings. The van der Waals surface area contributed by atoms with Crippen LogP contribution in [0.3, 0.4) is 0 Å². The third-order valence-corrected chi connectivity index (χ3v) is 7.45. The second-order valence-corrected chi connectivity index (χ2v) is 10.4. The van der Waals surface area contributed by atoms with Gasteiger partial charge in [-0.15, -0.1) is 0 Å². The summed E-state index contributed by atoms with van der Waals surface area (Å²) in [4.78, 5) is 36.8. The summed E-state index contributed by atoms with van der Waals surface area (Å²) in [6.07, 6.45) is 3.81. The predicted octanol–water partition coefficient (Wildman–Crippen LogP) is 4.77. The SMILES string of the molecule is O=C(Nc1ccc(F)cc1)C1(C(=O)Nc2ccc(Oc3ccnc4cc(OCCN5CCOCC5)ncc34)c(F)c2)CC1. The van der Waals surface area contributed by atoms with E-state index >= 15 is 4.39 Å². The molecule has 2 fully saturated rings. The number of pyridine rings is 2. The fraction of sp³-hybridized carbons (Fsp3) is 0.290. The van der Waals surface area contributed by atoms with Gasteiger partial charge >= 0.3 is 0 Å². The normalized spacial score (nSPS) is 16.0. The molecule has 2 aromatic carbocycles. The lowest BCUT2D eigenvalue weighted by molar-refractivity contribution is -0.131. The highest BCUT2D eigenvalue weighted by Gasteiger charge is 2.56. The summed E-state index contributed by atoms with van der Waals surface area (Å²) in [6.45, 7) is 4.42. The van der Waals surface area contributed by atoms with Crippen molar-refractivity contribution in [3.8, 4) is 17.4 Å². The fourth-order valence-corrected chi connectivity index (χ4v) is 4.77. The summed E-state index contributed by atoms with van der Waals surface area (Å²) >= 11 is 0.